The molecule has 0 saturated carbocycles. The molecule has 3 aromatic carbocycles. The van der Waals surface area contributed by atoms with Crippen molar-refractivity contribution in [2.75, 3.05) is 19.0 Å². The second-order valence-electron chi connectivity index (χ2n) is 5.09. The van der Waals surface area contributed by atoms with Crippen molar-refractivity contribution in [2.24, 2.45) is 0 Å². The molecule has 0 spiro atoms. The van der Waals surface area contributed by atoms with E-state index in [-0.39, 0.29) is 0 Å². The molecule has 3 aromatic rings. The van der Waals surface area contributed by atoms with E-state index in [0.29, 0.717) is 0 Å². The lowest BCUT2D eigenvalue weighted by molar-refractivity contribution is 0.202. The van der Waals surface area contributed by atoms with Gasteiger partial charge in [0.1, 0.15) is 0 Å². The molecule has 0 aliphatic heterocycles. The van der Waals surface area contributed by atoms with Crippen LogP contribution in [0.2, 0.25) is 0 Å². The molecule has 0 aliphatic carbocycles. The quantitative estimate of drug-likeness (QED) is 0.725. The van der Waals surface area contributed by atoms with Crippen molar-refractivity contribution in [3.05, 3.63) is 72.3 Å². The van der Waals surface area contributed by atoms with Gasteiger partial charge in [-0.2, -0.15) is 0 Å². The number of anilines is 2. The molecule has 2 nitrogen and oxygen atoms in total. The van der Waals surface area contributed by atoms with Crippen LogP contribution in [0, 0.1) is 0 Å². The highest BCUT2D eigenvalue weighted by Crippen LogP contribution is 2.26. The molecular formula is C19H19NO. The third-order valence-corrected chi connectivity index (χ3v) is 3.62. The van der Waals surface area contributed by atoms with Crippen molar-refractivity contribution in [3.8, 4) is 0 Å². The Labute approximate surface area is 125 Å². The molecule has 0 bridgehead atoms. The summed E-state index contributed by atoms with van der Waals surface area (Å²) in [5.74, 6) is 0. The fourth-order valence-corrected chi connectivity index (χ4v) is 2.46. The Morgan fingerprint density at radius 1 is 0.857 bits per heavy atom. The lowest BCUT2D eigenvalue weighted by Gasteiger charge is -2.10. The number of methoxy groups -OCH3 is 1. The number of hydrogen-bond donors (Lipinski definition) is 1. The average Bonchev–Trinajstić information content (AvgIpc) is 2.55. The maximum absolute atomic E-state index is 5.10. The average molecular weight is 277 g/mol. The van der Waals surface area contributed by atoms with E-state index in [1.807, 2.05) is 0 Å². The summed E-state index contributed by atoms with van der Waals surface area (Å²) in [6.07, 6.45) is 0.949. The van der Waals surface area contributed by atoms with Gasteiger partial charge in [0.05, 0.1) is 6.61 Å². The van der Waals surface area contributed by atoms with Gasteiger partial charge in [-0.25, -0.2) is 0 Å². The summed E-state index contributed by atoms with van der Waals surface area (Å²) in [6.45, 7) is 0.760. The zero-order chi connectivity index (χ0) is 14.5. The van der Waals surface area contributed by atoms with Gasteiger partial charge in [0.2, 0.25) is 0 Å². The minimum absolute atomic E-state index is 0.760. The Morgan fingerprint density at radius 2 is 1.62 bits per heavy atom. The SMILES string of the molecule is COCCc1ccc(Nc2cccc3ccccc23)cc1. The van der Waals surface area contributed by atoms with Crippen molar-refractivity contribution in [1.29, 1.82) is 0 Å². The number of hydrogen-bond acceptors (Lipinski definition) is 2. The van der Waals surface area contributed by atoms with Crippen LogP contribution in [0.1, 0.15) is 5.56 Å². The number of benzene rings is 3. The fourth-order valence-electron chi connectivity index (χ4n) is 2.46. The van der Waals surface area contributed by atoms with Crippen LogP contribution in [0.4, 0.5) is 11.4 Å². The summed E-state index contributed by atoms with van der Waals surface area (Å²) in [4.78, 5) is 0. The Morgan fingerprint density at radius 3 is 2.43 bits per heavy atom. The molecule has 21 heavy (non-hydrogen) atoms. The van der Waals surface area contributed by atoms with Crippen LogP contribution in [-0.2, 0) is 11.2 Å². The molecule has 0 saturated heterocycles. The Kier molecular flexibility index (Phi) is 4.17. The molecule has 0 radical (unpaired) electrons. The molecule has 0 aromatic heterocycles. The molecular weight excluding hydrogens is 258 g/mol. The number of rotatable bonds is 5. The number of nitrogens with one attached hydrogen (secondary N) is 1. The molecule has 2 heteroatoms. The van der Waals surface area contributed by atoms with Gasteiger partial charge in [0, 0.05) is 23.9 Å². The Hall–Kier alpha value is -2.32. The van der Waals surface area contributed by atoms with Gasteiger partial charge in [-0.3, -0.25) is 0 Å². The Bertz CT molecular complexity index is 714. The van der Waals surface area contributed by atoms with E-state index in [2.05, 4.69) is 72.0 Å². The van der Waals surface area contributed by atoms with E-state index < -0.39 is 0 Å². The molecule has 106 valence electrons. The first-order chi connectivity index (χ1) is 10.4. The molecule has 0 amide bonds. The molecule has 0 aliphatic rings. The van der Waals surface area contributed by atoms with Crippen molar-refractivity contribution in [1.82, 2.24) is 0 Å². The van der Waals surface area contributed by atoms with Gasteiger partial charge in [-0.1, -0.05) is 48.5 Å². The van der Waals surface area contributed by atoms with Crippen LogP contribution in [0.25, 0.3) is 10.8 Å². The first-order valence-electron chi connectivity index (χ1n) is 7.19. The van der Waals surface area contributed by atoms with Crippen molar-refractivity contribution < 1.29 is 4.74 Å². The van der Waals surface area contributed by atoms with E-state index in [9.17, 15) is 0 Å². The van der Waals surface area contributed by atoms with Gasteiger partial charge in [0.15, 0.2) is 0 Å². The van der Waals surface area contributed by atoms with E-state index in [1.165, 1.54) is 16.3 Å². The van der Waals surface area contributed by atoms with Crippen LogP contribution in [0.15, 0.2) is 66.7 Å². The van der Waals surface area contributed by atoms with Crippen LogP contribution >= 0.6 is 0 Å². The molecule has 0 fully saturated rings. The summed E-state index contributed by atoms with van der Waals surface area (Å²) >= 11 is 0. The molecule has 1 N–H and O–H groups in total. The third-order valence-electron chi connectivity index (χ3n) is 3.62. The first kappa shape index (κ1) is 13.7. The monoisotopic (exact) mass is 277 g/mol. The normalized spacial score (nSPS) is 10.7. The summed E-state index contributed by atoms with van der Waals surface area (Å²) in [5.41, 5.74) is 3.53. The topological polar surface area (TPSA) is 21.3 Å². The molecule has 0 heterocycles. The molecule has 0 atom stereocenters. The van der Waals surface area contributed by atoms with E-state index in [1.54, 1.807) is 7.11 Å². The van der Waals surface area contributed by atoms with Gasteiger partial charge in [-0.05, 0) is 35.6 Å². The van der Waals surface area contributed by atoms with Crippen molar-refractivity contribution >= 4 is 22.1 Å². The summed E-state index contributed by atoms with van der Waals surface area (Å²) in [5, 5.41) is 5.99. The van der Waals surface area contributed by atoms with Crippen LogP contribution in [0.5, 0.6) is 0 Å². The van der Waals surface area contributed by atoms with Crippen LogP contribution in [-0.4, -0.2) is 13.7 Å². The molecule has 0 unspecified atom stereocenters. The van der Waals surface area contributed by atoms with E-state index in [4.69, 9.17) is 4.74 Å². The van der Waals surface area contributed by atoms with Gasteiger partial charge >= 0.3 is 0 Å². The smallest absolute Gasteiger partial charge is 0.0502 e. The zero-order valence-corrected chi connectivity index (χ0v) is 12.2. The van der Waals surface area contributed by atoms with Crippen LogP contribution in [0.3, 0.4) is 0 Å². The minimum Gasteiger partial charge on any atom is -0.384 e. The minimum atomic E-state index is 0.760. The van der Waals surface area contributed by atoms with Crippen LogP contribution < -0.4 is 5.32 Å². The maximum Gasteiger partial charge on any atom is 0.0502 e. The van der Waals surface area contributed by atoms with Gasteiger partial charge < -0.3 is 10.1 Å². The lowest BCUT2D eigenvalue weighted by Crippen LogP contribution is -1.95. The predicted octanol–water partition coefficient (Wildman–Crippen LogP) is 4.77. The summed E-state index contributed by atoms with van der Waals surface area (Å²) < 4.78 is 5.10. The van der Waals surface area contributed by atoms with Gasteiger partial charge in [0.25, 0.3) is 0 Å². The Balaban J connectivity index is 1.82. The number of ether oxygens (including phenoxy) is 1. The van der Waals surface area contributed by atoms with Gasteiger partial charge in [-0.15, -0.1) is 0 Å². The van der Waals surface area contributed by atoms with E-state index in [0.717, 1.165) is 24.4 Å². The summed E-state index contributed by atoms with van der Waals surface area (Å²) in [6, 6.07) is 23.3. The third kappa shape index (κ3) is 3.23. The largest absolute Gasteiger partial charge is 0.384 e. The van der Waals surface area contributed by atoms with Crippen molar-refractivity contribution in [3.63, 3.8) is 0 Å². The highest BCUT2D eigenvalue weighted by molar-refractivity contribution is 5.95. The van der Waals surface area contributed by atoms with E-state index >= 15 is 0 Å². The standard InChI is InChI=1S/C19H19NO/c1-21-14-13-15-9-11-17(12-10-15)20-19-8-4-6-16-5-2-3-7-18(16)19/h2-12,20H,13-14H2,1H3. The molecule has 3 rings (SSSR count). The van der Waals surface area contributed by atoms with Crippen molar-refractivity contribution in [2.45, 2.75) is 6.42 Å². The second-order valence-corrected chi connectivity index (χ2v) is 5.09. The first-order valence-corrected chi connectivity index (χ1v) is 7.19. The number of fused-ring (bicyclic) bond motifs is 1. The summed E-state index contributed by atoms with van der Waals surface area (Å²) in [7, 11) is 1.73. The predicted molar refractivity (Wildman–Crippen MR) is 89.3 cm³/mol. The lowest BCUT2D eigenvalue weighted by atomic mass is 10.1. The zero-order valence-electron chi connectivity index (χ0n) is 12.2. The second kappa shape index (κ2) is 6.42. The maximum atomic E-state index is 5.10. The highest BCUT2D eigenvalue weighted by atomic mass is 16.5. The highest BCUT2D eigenvalue weighted by Gasteiger charge is 2.01. The fraction of sp³-hybridized carbons (Fsp3) is 0.158.